The number of esters is 1. The highest BCUT2D eigenvalue weighted by molar-refractivity contribution is 5.68. The van der Waals surface area contributed by atoms with Crippen molar-refractivity contribution in [3.63, 3.8) is 0 Å². The first-order valence-corrected chi connectivity index (χ1v) is 8.51. The van der Waals surface area contributed by atoms with Gasteiger partial charge in [-0.2, -0.15) is 0 Å². The van der Waals surface area contributed by atoms with Crippen LogP contribution in [0.5, 0.6) is 0 Å². The van der Waals surface area contributed by atoms with Crippen molar-refractivity contribution in [2.45, 2.75) is 97.7 Å². The second kappa shape index (κ2) is 14.8. The fraction of sp³-hybridized carbons (Fsp3) is 0.941. The van der Waals surface area contributed by atoms with Gasteiger partial charge in [-0.25, -0.2) is 0 Å². The molecule has 0 N–H and O–H groups in total. The van der Waals surface area contributed by atoms with Crippen LogP contribution in [0.2, 0.25) is 0 Å². The lowest BCUT2D eigenvalue weighted by atomic mass is 10.1. The predicted molar refractivity (Wildman–Crippen MR) is 83.6 cm³/mol. The maximum atomic E-state index is 11.0. The van der Waals surface area contributed by atoms with E-state index in [1.54, 1.807) is 13.8 Å². The van der Waals surface area contributed by atoms with Crippen LogP contribution in [0.1, 0.15) is 91.4 Å². The Balaban J connectivity index is 3.14. The molecule has 0 spiro atoms. The molecular formula is C17H34O3. The van der Waals surface area contributed by atoms with Crippen LogP contribution in [0.3, 0.4) is 0 Å². The first-order valence-electron chi connectivity index (χ1n) is 8.51. The molecular weight excluding hydrogens is 252 g/mol. The van der Waals surface area contributed by atoms with Gasteiger partial charge in [0.25, 0.3) is 0 Å². The summed E-state index contributed by atoms with van der Waals surface area (Å²) >= 11 is 0. The van der Waals surface area contributed by atoms with Crippen molar-refractivity contribution in [2.75, 3.05) is 6.61 Å². The fourth-order valence-corrected chi connectivity index (χ4v) is 2.14. The molecule has 0 amide bonds. The summed E-state index contributed by atoms with van der Waals surface area (Å²) in [5.74, 6) is -0.194. The number of carbonyl (C=O) groups is 1. The first kappa shape index (κ1) is 19.4. The molecule has 0 rings (SSSR count). The maximum Gasteiger partial charge on any atom is 0.307 e. The Morgan fingerprint density at radius 1 is 0.850 bits per heavy atom. The molecule has 0 aromatic heterocycles. The van der Waals surface area contributed by atoms with Gasteiger partial charge in [-0.05, 0) is 13.3 Å². The van der Waals surface area contributed by atoms with Crippen molar-refractivity contribution >= 4 is 5.97 Å². The van der Waals surface area contributed by atoms with Crippen molar-refractivity contribution in [2.24, 2.45) is 0 Å². The Labute approximate surface area is 125 Å². The van der Waals surface area contributed by atoms with Gasteiger partial charge in [-0.1, -0.05) is 71.6 Å². The summed E-state index contributed by atoms with van der Waals surface area (Å²) in [5.41, 5.74) is 0. The molecule has 1 unspecified atom stereocenters. The third-order valence-electron chi connectivity index (χ3n) is 3.44. The van der Waals surface area contributed by atoms with Crippen LogP contribution >= 0.6 is 0 Å². The van der Waals surface area contributed by atoms with Gasteiger partial charge in [0.1, 0.15) is 0 Å². The lowest BCUT2D eigenvalue weighted by Crippen LogP contribution is -2.17. The van der Waals surface area contributed by atoms with E-state index in [1.165, 1.54) is 57.8 Å². The van der Waals surface area contributed by atoms with E-state index < -0.39 is 6.29 Å². The van der Waals surface area contributed by atoms with E-state index in [0.29, 0.717) is 13.0 Å². The molecule has 20 heavy (non-hydrogen) atoms. The minimum atomic E-state index is -0.402. The molecule has 0 aliphatic carbocycles. The van der Waals surface area contributed by atoms with Crippen LogP contribution in [0, 0.1) is 0 Å². The smallest absolute Gasteiger partial charge is 0.307 e. The number of carbonyl (C=O) groups excluding carboxylic acids is 1. The second-order valence-electron chi connectivity index (χ2n) is 5.46. The number of hydrogen-bond donors (Lipinski definition) is 0. The summed E-state index contributed by atoms with van der Waals surface area (Å²) < 4.78 is 10.5. The van der Waals surface area contributed by atoms with E-state index in [1.807, 2.05) is 0 Å². The average molecular weight is 286 g/mol. The third kappa shape index (κ3) is 13.9. The highest BCUT2D eigenvalue weighted by atomic mass is 16.7. The average Bonchev–Trinajstić information content (AvgIpc) is 2.44. The molecule has 0 bridgehead atoms. The summed E-state index contributed by atoms with van der Waals surface area (Å²) in [6.45, 7) is 6.52. The van der Waals surface area contributed by atoms with E-state index in [2.05, 4.69) is 6.92 Å². The van der Waals surface area contributed by atoms with Gasteiger partial charge in [0.2, 0.25) is 0 Å². The number of ether oxygens (including phenoxy) is 2. The quantitative estimate of drug-likeness (QED) is 0.249. The Bertz CT molecular complexity index is 216. The van der Waals surface area contributed by atoms with Gasteiger partial charge in [-0.15, -0.1) is 0 Å². The van der Waals surface area contributed by atoms with E-state index in [0.717, 1.165) is 6.42 Å². The molecule has 0 heterocycles. The largest absolute Gasteiger partial charge is 0.436 e. The summed E-state index contributed by atoms with van der Waals surface area (Å²) in [4.78, 5) is 11.0. The van der Waals surface area contributed by atoms with Crippen molar-refractivity contribution < 1.29 is 14.3 Å². The Hall–Kier alpha value is -0.570. The summed E-state index contributed by atoms with van der Waals surface area (Å²) in [6.07, 6.45) is 13.2. The normalized spacial score (nSPS) is 12.3. The monoisotopic (exact) mass is 286 g/mol. The van der Waals surface area contributed by atoms with Crippen LogP contribution in [0.25, 0.3) is 0 Å². The van der Waals surface area contributed by atoms with Crippen LogP contribution in [-0.4, -0.2) is 18.9 Å². The summed E-state index contributed by atoms with van der Waals surface area (Å²) in [7, 11) is 0. The molecule has 0 saturated heterocycles. The zero-order valence-electron chi connectivity index (χ0n) is 13.8. The standard InChI is InChI=1S/C17H34O3/c1-4-6-7-8-9-10-11-12-13-14-15-19-16(3)20-17(18)5-2/h16H,4-15H2,1-3H3. The molecule has 0 aromatic carbocycles. The van der Waals surface area contributed by atoms with Crippen molar-refractivity contribution in [3.05, 3.63) is 0 Å². The van der Waals surface area contributed by atoms with Gasteiger partial charge >= 0.3 is 5.97 Å². The van der Waals surface area contributed by atoms with Crippen molar-refractivity contribution in [1.82, 2.24) is 0 Å². The molecule has 0 aliphatic rings. The van der Waals surface area contributed by atoms with Crippen LogP contribution < -0.4 is 0 Å². The summed E-state index contributed by atoms with van der Waals surface area (Å²) in [6, 6.07) is 0. The maximum absolute atomic E-state index is 11.0. The molecule has 0 aromatic rings. The summed E-state index contributed by atoms with van der Waals surface area (Å²) in [5, 5.41) is 0. The molecule has 0 fully saturated rings. The van der Waals surface area contributed by atoms with Crippen molar-refractivity contribution in [1.29, 1.82) is 0 Å². The molecule has 0 aliphatic heterocycles. The predicted octanol–water partition coefficient (Wildman–Crippen LogP) is 5.22. The van der Waals surface area contributed by atoms with E-state index >= 15 is 0 Å². The SMILES string of the molecule is CCCCCCCCCCCCOC(C)OC(=O)CC. The second-order valence-corrected chi connectivity index (χ2v) is 5.46. The van der Waals surface area contributed by atoms with Gasteiger partial charge in [0.05, 0.1) is 6.61 Å². The zero-order valence-corrected chi connectivity index (χ0v) is 13.8. The van der Waals surface area contributed by atoms with Crippen LogP contribution in [0.4, 0.5) is 0 Å². The molecule has 120 valence electrons. The highest BCUT2D eigenvalue weighted by Gasteiger charge is 2.06. The van der Waals surface area contributed by atoms with E-state index in [-0.39, 0.29) is 5.97 Å². The van der Waals surface area contributed by atoms with Gasteiger partial charge in [0, 0.05) is 6.42 Å². The minimum Gasteiger partial charge on any atom is -0.436 e. The molecule has 3 heteroatoms. The molecule has 1 atom stereocenters. The highest BCUT2D eigenvalue weighted by Crippen LogP contribution is 2.10. The number of hydrogen-bond acceptors (Lipinski definition) is 3. The third-order valence-corrected chi connectivity index (χ3v) is 3.44. The molecule has 0 radical (unpaired) electrons. The Kier molecular flexibility index (Phi) is 14.4. The van der Waals surface area contributed by atoms with Gasteiger partial charge in [-0.3, -0.25) is 4.79 Å². The Morgan fingerprint density at radius 2 is 1.35 bits per heavy atom. The minimum absolute atomic E-state index is 0.194. The topological polar surface area (TPSA) is 35.5 Å². The lowest BCUT2D eigenvalue weighted by Gasteiger charge is -2.13. The number of rotatable bonds is 14. The van der Waals surface area contributed by atoms with Crippen LogP contribution in [-0.2, 0) is 14.3 Å². The van der Waals surface area contributed by atoms with Gasteiger partial charge < -0.3 is 9.47 Å². The first-order chi connectivity index (χ1) is 9.70. The van der Waals surface area contributed by atoms with Crippen molar-refractivity contribution in [3.8, 4) is 0 Å². The Morgan fingerprint density at radius 3 is 1.85 bits per heavy atom. The molecule has 3 nitrogen and oxygen atoms in total. The zero-order chi connectivity index (χ0) is 15.1. The number of unbranched alkanes of at least 4 members (excludes halogenated alkanes) is 9. The molecule has 0 saturated carbocycles. The van der Waals surface area contributed by atoms with Gasteiger partial charge in [0.15, 0.2) is 6.29 Å². The lowest BCUT2D eigenvalue weighted by molar-refractivity contribution is -0.174. The fourth-order valence-electron chi connectivity index (χ4n) is 2.14. The van der Waals surface area contributed by atoms with E-state index in [9.17, 15) is 4.79 Å². The van der Waals surface area contributed by atoms with E-state index in [4.69, 9.17) is 9.47 Å². The van der Waals surface area contributed by atoms with Crippen LogP contribution in [0.15, 0.2) is 0 Å².